The van der Waals surface area contributed by atoms with Crippen molar-refractivity contribution in [1.82, 2.24) is 0 Å². The molecule has 1 rings (SSSR count). The molecule has 0 bridgehead atoms. The van der Waals surface area contributed by atoms with E-state index < -0.39 is 0 Å². The van der Waals surface area contributed by atoms with Gasteiger partial charge < -0.3 is 27.7 Å². The van der Waals surface area contributed by atoms with Crippen molar-refractivity contribution >= 4 is 0 Å². The fraction of sp³-hybridized carbons (Fsp3) is 0.583. The standard InChI is InChI=1S/C12H19NO3.ClH/c1-8(2)6-10(7-14)13-5-4-11(15)12(16)9(13)3;/h4-5,8,10,14,16H,6-7H2,1-3H3;1H/t10-;/m1./s1. The van der Waals surface area contributed by atoms with E-state index in [1.165, 1.54) is 6.07 Å². The molecule has 0 amide bonds. The van der Waals surface area contributed by atoms with Crippen LogP contribution in [0.25, 0.3) is 0 Å². The number of nitrogens with zero attached hydrogens (tertiary/aromatic N) is 1. The number of aromatic hydroxyl groups is 2. The second kappa shape index (κ2) is 6.67. The van der Waals surface area contributed by atoms with Gasteiger partial charge in [-0.3, -0.25) is 0 Å². The van der Waals surface area contributed by atoms with E-state index in [1.54, 1.807) is 17.7 Å². The Kier molecular flexibility index (Phi) is 6.27. The maximum absolute atomic E-state index is 9.61. The Bertz CT molecular complexity index is 369. The van der Waals surface area contributed by atoms with Crippen LogP contribution in [-0.4, -0.2) is 21.9 Å². The van der Waals surface area contributed by atoms with Gasteiger partial charge in [0, 0.05) is 19.4 Å². The first-order valence-corrected chi connectivity index (χ1v) is 5.50. The maximum atomic E-state index is 9.61. The summed E-state index contributed by atoms with van der Waals surface area (Å²) in [4.78, 5) is 0. The highest BCUT2D eigenvalue weighted by Gasteiger charge is 2.24. The van der Waals surface area contributed by atoms with Gasteiger partial charge in [0.2, 0.25) is 11.4 Å². The molecule has 17 heavy (non-hydrogen) atoms. The van der Waals surface area contributed by atoms with Gasteiger partial charge in [-0.15, -0.1) is 0 Å². The number of pyridine rings is 1. The molecule has 3 N–H and O–H groups in total. The second-order valence-electron chi connectivity index (χ2n) is 4.51. The molecule has 1 atom stereocenters. The lowest BCUT2D eigenvalue weighted by atomic mass is 10.0. The number of hydrogen-bond acceptors (Lipinski definition) is 3. The summed E-state index contributed by atoms with van der Waals surface area (Å²) < 4.78 is 1.80. The van der Waals surface area contributed by atoms with Crippen LogP contribution in [-0.2, 0) is 0 Å². The highest BCUT2D eigenvalue weighted by atomic mass is 35.5. The van der Waals surface area contributed by atoms with Crippen molar-refractivity contribution in [3.05, 3.63) is 18.0 Å². The fourth-order valence-corrected chi connectivity index (χ4v) is 1.87. The molecule has 0 aliphatic carbocycles. The Hall–Kier alpha value is -1.00. The minimum Gasteiger partial charge on any atom is -1.00 e. The summed E-state index contributed by atoms with van der Waals surface area (Å²) >= 11 is 0. The van der Waals surface area contributed by atoms with Crippen molar-refractivity contribution in [2.75, 3.05) is 6.61 Å². The summed E-state index contributed by atoms with van der Waals surface area (Å²) in [5, 5.41) is 28.3. The minimum atomic E-state index is -0.130. The lowest BCUT2D eigenvalue weighted by molar-refractivity contribution is -0.731. The van der Waals surface area contributed by atoms with Crippen molar-refractivity contribution < 1.29 is 32.3 Å². The third kappa shape index (κ3) is 3.75. The van der Waals surface area contributed by atoms with Gasteiger partial charge in [0.15, 0.2) is 18.0 Å². The molecule has 1 aromatic rings. The number of halogens is 1. The zero-order chi connectivity index (χ0) is 12.3. The highest BCUT2D eigenvalue weighted by Crippen LogP contribution is 2.26. The van der Waals surface area contributed by atoms with Crippen LogP contribution in [0.1, 0.15) is 32.0 Å². The molecule has 98 valence electrons. The molecule has 0 saturated heterocycles. The molecule has 0 spiro atoms. The van der Waals surface area contributed by atoms with E-state index >= 15 is 0 Å². The van der Waals surface area contributed by atoms with Crippen molar-refractivity contribution in [1.29, 1.82) is 0 Å². The van der Waals surface area contributed by atoms with Crippen LogP contribution in [0.3, 0.4) is 0 Å². The first kappa shape index (κ1) is 16.0. The normalized spacial score (nSPS) is 12.3. The Morgan fingerprint density at radius 2 is 1.88 bits per heavy atom. The molecule has 5 heteroatoms. The molecular weight excluding hydrogens is 242 g/mol. The SMILES string of the molecule is Cc1c(O)c(O)cc[n+]1[C@@H](CO)CC(C)C.[Cl-]. The van der Waals surface area contributed by atoms with E-state index in [9.17, 15) is 15.3 Å². The zero-order valence-electron chi connectivity index (χ0n) is 10.4. The summed E-state index contributed by atoms with van der Waals surface area (Å²) in [6, 6.07) is 1.37. The average Bonchev–Trinajstić information content (AvgIpc) is 2.23. The molecule has 4 nitrogen and oxygen atoms in total. The minimum absolute atomic E-state index is 0. The number of rotatable bonds is 4. The Labute approximate surface area is 108 Å². The summed E-state index contributed by atoms with van der Waals surface area (Å²) in [7, 11) is 0. The van der Waals surface area contributed by atoms with E-state index in [0.29, 0.717) is 11.6 Å². The molecule has 1 heterocycles. The number of aliphatic hydroxyl groups excluding tert-OH is 1. The van der Waals surface area contributed by atoms with E-state index in [4.69, 9.17) is 0 Å². The van der Waals surface area contributed by atoms with Crippen molar-refractivity contribution in [2.24, 2.45) is 5.92 Å². The van der Waals surface area contributed by atoms with Crippen LogP contribution >= 0.6 is 0 Å². The summed E-state index contributed by atoms with van der Waals surface area (Å²) in [6.45, 7) is 5.91. The van der Waals surface area contributed by atoms with Crippen LogP contribution < -0.4 is 17.0 Å². The van der Waals surface area contributed by atoms with Crippen molar-refractivity contribution in [3.8, 4) is 11.5 Å². The van der Waals surface area contributed by atoms with Gasteiger partial charge in [-0.1, -0.05) is 13.8 Å². The monoisotopic (exact) mass is 261 g/mol. The first-order valence-electron chi connectivity index (χ1n) is 5.50. The molecule has 1 aromatic heterocycles. The third-order valence-electron chi connectivity index (χ3n) is 2.71. The van der Waals surface area contributed by atoms with Gasteiger partial charge in [0.25, 0.3) is 0 Å². The highest BCUT2D eigenvalue weighted by molar-refractivity contribution is 5.36. The topological polar surface area (TPSA) is 64.6 Å². The average molecular weight is 262 g/mol. The molecule has 0 fully saturated rings. The van der Waals surface area contributed by atoms with Crippen LogP contribution in [0, 0.1) is 12.8 Å². The predicted molar refractivity (Wildman–Crippen MR) is 60.3 cm³/mol. The summed E-state index contributed by atoms with van der Waals surface area (Å²) in [5.74, 6) is 0.208. The van der Waals surface area contributed by atoms with Crippen molar-refractivity contribution in [2.45, 2.75) is 33.2 Å². The molecule has 0 saturated carbocycles. The fourth-order valence-electron chi connectivity index (χ4n) is 1.87. The van der Waals surface area contributed by atoms with Gasteiger partial charge in [0.1, 0.15) is 6.61 Å². The van der Waals surface area contributed by atoms with Crippen LogP contribution in [0.5, 0.6) is 11.5 Å². The van der Waals surface area contributed by atoms with Gasteiger partial charge in [-0.25, -0.2) is 0 Å². The number of aromatic nitrogens is 1. The van der Waals surface area contributed by atoms with Crippen molar-refractivity contribution in [3.63, 3.8) is 0 Å². The second-order valence-corrected chi connectivity index (χ2v) is 4.51. The third-order valence-corrected chi connectivity index (χ3v) is 2.71. The summed E-state index contributed by atoms with van der Waals surface area (Å²) in [6.07, 6.45) is 2.51. The number of hydrogen-bond donors (Lipinski definition) is 3. The quantitative estimate of drug-likeness (QED) is 0.565. The van der Waals surface area contributed by atoms with Gasteiger partial charge in [0.05, 0.1) is 0 Å². The number of aliphatic hydroxyl groups is 1. The van der Waals surface area contributed by atoms with Crippen LogP contribution in [0.2, 0.25) is 0 Å². The zero-order valence-corrected chi connectivity index (χ0v) is 11.1. The summed E-state index contributed by atoms with van der Waals surface area (Å²) in [5.41, 5.74) is 0.569. The smallest absolute Gasteiger partial charge is 0.226 e. The van der Waals surface area contributed by atoms with Crippen LogP contribution in [0.4, 0.5) is 0 Å². The Balaban J connectivity index is 0.00000256. The van der Waals surface area contributed by atoms with Gasteiger partial charge in [-0.2, -0.15) is 4.57 Å². The molecule has 0 aliphatic rings. The molecule has 0 radical (unpaired) electrons. The van der Waals surface area contributed by atoms with E-state index in [-0.39, 0.29) is 36.6 Å². The molecule has 0 aliphatic heterocycles. The lowest BCUT2D eigenvalue weighted by Gasteiger charge is -2.14. The largest absolute Gasteiger partial charge is 1.00 e. The molecular formula is C12H20ClNO3. The Morgan fingerprint density at radius 3 is 2.35 bits per heavy atom. The van der Waals surface area contributed by atoms with Gasteiger partial charge in [-0.05, 0) is 5.92 Å². The van der Waals surface area contributed by atoms with E-state index in [0.717, 1.165) is 6.42 Å². The Morgan fingerprint density at radius 1 is 1.29 bits per heavy atom. The van der Waals surface area contributed by atoms with Gasteiger partial charge >= 0.3 is 0 Å². The lowest BCUT2D eigenvalue weighted by Crippen LogP contribution is -3.00. The predicted octanol–water partition coefficient (Wildman–Crippen LogP) is -1.72. The maximum Gasteiger partial charge on any atom is 0.226 e. The first-order chi connectivity index (χ1) is 7.47. The van der Waals surface area contributed by atoms with Crippen LogP contribution in [0.15, 0.2) is 12.3 Å². The molecule has 0 unspecified atom stereocenters. The van der Waals surface area contributed by atoms with E-state index in [1.807, 2.05) is 0 Å². The molecule has 0 aromatic carbocycles. The van der Waals surface area contributed by atoms with E-state index in [2.05, 4.69) is 13.8 Å².